The molecular weight excluding hydrogens is 155 g/mol. The molecule has 0 aromatic heterocycles. The molecule has 4 N–H and O–H groups in total. The normalized spacial score (nSPS) is 8.57. The lowest BCUT2D eigenvalue weighted by atomic mass is 15.7. The molecule has 0 aliphatic rings. The monoisotopic (exact) mass is 162 g/mol. The fourth-order valence-corrected chi connectivity index (χ4v) is 0. The van der Waals surface area contributed by atoms with E-state index in [1.807, 2.05) is 0 Å². The number of hydrogen-bond acceptors (Lipinski definition) is 4. The van der Waals surface area contributed by atoms with Crippen LogP contribution in [0.5, 0.6) is 0 Å². The van der Waals surface area contributed by atoms with Gasteiger partial charge in [-0.3, -0.25) is 0 Å². The van der Waals surface area contributed by atoms with Gasteiger partial charge in [0.2, 0.25) is 0 Å². The second-order valence-electron chi connectivity index (χ2n) is 0.600. The zero-order valence-electron chi connectivity index (χ0n) is 2.70. The van der Waals surface area contributed by atoms with Crippen molar-refractivity contribution in [3.05, 3.63) is 0 Å². The zero-order chi connectivity index (χ0) is 4.50. The van der Waals surface area contributed by atoms with Crippen molar-refractivity contribution in [3.8, 4) is 0 Å². The Bertz CT molecular complexity index is 27.2. The quantitative estimate of drug-likeness (QED) is 0.281. The van der Waals surface area contributed by atoms with Gasteiger partial charge in [0.1, 0.15) is 0 Å². The van der Waals surface area contributed by atoms with Gasteiger partial charge in [-0.15, -0.1) is 12.4 Å². The fourth-order valence-electron chi connectivity index (χ4n) is 0. The van der Waals surface area contributed by atoms with E-state index >= 15 is 0 Å². The third kappa shape index (κ3) is 212. The van der Waals surface area contributed by atoms with Gasteiger partial charge in [-0.1, -0.05) is 0 Å². The van der Waals surface area contributed by atoms with Crippen LogP contribution >= 0.6 is 12.4 Å². The van der Waals surface area contributed by atoms with Crippen LogP contribution in [-0.2, 0) is 0 Å². The maximum absolute atomic E-state index is 7.33. The average molecular weight is 163 g/mol. The maximum Gasteiger partial charge on any atom is 0.668 e. The molecular formula is H8AlClO4Si. The molecule has 0 saturated heterocycles. The average Bonchev–Trinajstić information content (AvgIpc) is 0.722. The summed E-state index contributed by atoms with van der Waals surface area (Å²) in [6.45, 7) is 0. The van der Waals surface area contributed by atoms with Gasteiger partial charge < -0.3 is 19.2 Å². The van der Waals surface area contributed by atoms with Crippen LogP contribution in [0, 0.1) is 0 Å². The first kappa shape index (κ1) is 15.7. The van der Waals surface area contributed by atoms with Crippen LogP contribution in [-0.4, -0.2) is 45.6 Å². The van der Waals surface area contributed by atoms with Gasteiger partial charge >= 0.3 is 9.05 Å². The summed E-state index contributed by atoms with van der Waals surface area (Å²) in [5, 5.41) is 0. The van der Waals surface area contributed by atoms with Crippen molar-refractivity contribution in [1.82, 2.24) is 0 Å². The van der Waals surface area contributed by atoms with Crippen LogP contribution in [0.2, 0.25) is 0 Å². The minimum atomic E-state index is -4.61. The van der Waals surface area contributed by atoms with Crippen LogP contribution < -0.4 is 0 Å². The van der Waals surface area contributed by atoms with Crippen LogP contribution in [0.4, 0.5) is 0 Å². The minimum Gasteiger partial charge on any atom is -0.368 e. The Labute approximate surface area is 58.5 Å². The first-order valence-corrected chi connectivity index (χ1v) is 2.68. The largest absolute Gasteiger partial charge is 0.668 e. The van der Waals surface area contributed by atoms with Gasteiger partial charge in [0.05, 0.1) is 0 Å². The first-order chi connectivity index (χ1) is 2.00. The lowest BCUT2D eigenvalue weighted by Gasteiger charge is -1.91. The molecule has 4 nitrogen and oxygen atoms in total. The molecule has 0 amide bonds. The Kier molecular flexibility index (Phi) is 11.2. The molecule has 0 aliphatic carbocycles. The van der Waals surface area contributed by atoms with E-state index in [1.54, 1.807) is 0 Å². The van der Waals surface area contributed by atoms with Gasteiger partial charge in [0.25, 0.3) is 0 Å². The summed E-state index contributed by atoms with van der Waals surface area (Å²) < 4.78 is 0. The minimum absolute atomic E-state index is 0. The third-order valence-electron chi connectivity index (χ3n) is 0. The second kappa shape index (κ2) is 5.02. The standard InChI is InChI=1S/Al.ClH.H4O4Si.3H/c;;1-5(2,3)4;;;/h;1H;1-4H;;;. The molecule has 0 radical (unpaired) electrons. The van der Waals surface area contributed by atoms with Crippen LogP contribution in [0.1, 0.15) is 0 Å². The van der Waals surface area contributed by atoms with E-state index in [-0.39, 0.29) is 29.8 Å². The van der Waals surface area contributed by atoms with Crippen LogP contribution in [0.3, 0.4) is 0 Å². The highest BCUT2D eigenvalue weighted by molar-refractivity contribution is 6.46. The SMILES string of the molecule is Cl.O[Si](O)(O)O.[AlH3]. The summed E-state index contributed by atoms with van der Waals surface area (Å²) in [4.78, 5) is 29.3. The van der Waals surface area contributed by atoms with Crippen molar-refractivity contribution in [3.63, 3.8) is 0 Å². The predicted octanol–water partition coefficient (Wildman–Crippen LogP) is -3.37. The summed E-state index contributed by atoms with van der Waals surface area (Å²) in [7, 11) is -4.61. The molecule has 0 heterocycles. The molecule has 0 aliphatic heterocycles. The van der Waals surface area contributed by atoms with E-state index in [2.05, 4.69) is 0 Å². The van der Waals surface area contributed by atoms with E-state index in [4.69, 9.17) is 19.2 Å². The first-order valence-electron chi connectivity index (χ1n) is 0.894. The lowest BCUT2D eigenvalue weighted by Crippen LogP contribution is -2.33. The molecule has 0 spiro atoms. The Morgan fingerprint density at radius 1 is 0.857 bits per heavy atom. The summed E-state index contributed by atoms with van der Waals surface area (Å²) in [6, 6.07) is 0. The van der Waals surface area contributed by atoms with Crippen LogP contribution in [0.15, 0.2) is 0 Å². The molecule has 0 atom stereocenters. The highest BCUT2D eigenvalue weighted by Crippen LogP contribution is 1.67. The topological polar surface area (TPSA) is 80.9 Å². The summed E-state index contributed by atoms with van der Waals surface area (Å²) in [6.07, 6.45) is 0. The smallest absolute Gasteiger partial charge is 0.368 e. The molecule has 0 fully saturated rings. The van der Waals surface area contributed by atoms with E-state index in [0.717, 1.165) is 0 Å². The molecule has 7 heteroatoms. The van der Waals surface area contributed by atoms with Crippen molar-refractivity contribution in [2.75, 3.05) is 0 Å². The Hall–Kier alpha value is 0.879. The summed E-state index contributed by atoms with van der Waals surface area (Å²) in [5.74, 6) is 0. The molecule has 0 aromatic carbocycles. The fraction of sp³-hybridized carbons (Fsp3) is 0. The van der Waals surface area contributed by atoms with Crippen molar-refractivity contribution in [1.29, 1.82) is 0 Å². The molecule has 0 aromatic rings. The number of hydrogen-bond donors (Lipinski definition) is 4. The Morgan fingerprint density at radius 2 is 0.857 bits per heavy atom. The van der Waals surface area contributed by atoms with Gasteiger partial charge in [0, 0.05) is 0 Å². The highest BCUT2D eigenvalue weighted by Gasteiger charge is 2.22. The third-order valence-corrected chi connectivity index (χ3v) is 0. The summed E-state index contributed by atoms with van der Waals surface area (Å²) in [5.41, 5.74) is 0. The summed E-state index contributed by atoms with van der Waals surface area (Å²) >= 11 is 0. The molecule has 0 saturated carbocycles. The Balaban J connectivity index is -0.0000000800. The van der Waals surface area contributed by atoms with E-state index in [0.29, 0.717) is 0 Å². The second-order valence-corrected chi connectivity index (χ2v) is 1.80. The van der Waals surface area contributed by atoms with E-state index in [1.165, 1.54) is 0 Å². The van der Waals surface area contributed by atoms with Crippen molar-refractivity contribution in [2.45, 2.75) is 0 Å². The van der Waals surface area contributed by atoms with Gasteiger partial charge in [-0.25, -0.2) is 0 Å². The van der Waals surface area contributed by atoms with Crippen LogP contribution in [0.25, 0.3) is 0 Å². The molecule has 7 heavy (non-hydrogen) atoms. The van der Waals surface area contributed by atoms with Crippen molar-refractivity contribution >= 4 is 38.8 Å². The van der Waals surface area contributed by atoms with E-state index < -0.39 is 9.05 Å². The number of rotatable bonds is 0. The predicted molar refractivity (Wildman–Crippen MR) is 31.8 cm³/mol. The van der Waals surface area contributed by atoms with Gasteiger partial charge in [0.15, 0.2) is 17.4 Å². The van der Waals surface area contributed by atoms with Crippen molar-refractivity contribution < 1.29 is 19.2 Å². The molecule has 0 rings (SSSR count). The van der Waals surface area contributed by atoms with E-state index in [9.17, 15) is 0 Å². The lowest BCUT2D eigenvalue weighted by molar-refractivity contribution is 0.117. The van der Waals surface area contributed by atoms with Crippen molar-refractivity contribution in [2.24, 2.45) is 0 Å². The zero-order valence-corrected chi connectivity index (χ0v) is 4.51. The van der Waals surface area contributed by atoms with Gasteiger partial charge in [-0.05, 0) is 0 Å². The highest BCUT2D eigenvalue weighted by atomic mass is 35.5. The van der Waals surface area contributed by atoms with Gasteiger partial charge in [-0.2, -0.15) is 0 Å². The molecule has 0 unspecified atom stereocenters. The molecule has 46 valence electrons. The maximum atomic E-state index is 7.33. The Morgan fingerprint density at radius 3 is 0.857 bits per heavy atom. The number of halogens is 1. The molecule has 0 bridgehead atoms.